The van der Waals surface area contributed by atoms with E-state index in [9.17, 15) is 0 Å². The molecule has 4 heterocycles. The first-order chi connectivity index (χ1) is 15.7. The van der Waals surface area contributed by atoms with Crippen LogP contribution in [-0.2, 0) is 18.3 Å². The summed E-state index contributed by atoms with van der Waals surface area (Å²) in [5.74, 6) is 2.48. The van der Waals surface area contributed by atoms with Crippen LogP contribution in [0.5, 0.6) is 5.75 Å². The van der Waals surface area contributed by atoms with Crippen molar-refractivity contribution in [3.8, 4) is 5.75 Å². The lowest BCUT2D eigenvalue weighted by molar-refractivity contribution is -0.0113. The molecule has 1 aromatic carbocycles. The van der Waals surface area contributed by atoms with Crippen LogP contribution in [-0.4, -0.2) is 51.8 Å². The summed E-state index contributed by atoms with van der Waals surface area (Å²) in [6.07, 6.45) is 7.64. The van der Waals surface area contributed by atoms with E-state index in [1.165, 1.54) is 12.0 Å². The first-order valence-corrected chi connectivity index (χ1v) is 12.1. The van der Waals surface area contributed by atoms with Crippen LogP contribution >= 0.6 is 11.6 Å². The third-order valence-corrected chi connectivity index (χ3v) is 7.05. The van der Waals surface area contributed by atoms with Crippen LogP contribution in [0.4, 0.5) is 0 Å². The average molecular weight is 455 g/mol. The normalized spacial score (nSPS) is 20.6. The topological polar surface area (TPSA) is 52.4 Å². The van der Waals surface area contributed by atoms with Crippen LogP contribution < -0.4 is 4.74 Å². The van der Waals surface area contributed by atoms with Crippen molar-refractivity contribution in [3.05, 3.63) is 52.9 Å². The minimum Gasteiger partial charge on any atom is -0.491 e. The van der Waals surface area contributed by atoms with Crippen LogP contribution in [0.2, 0.25) is 5.02 Å². The lowest BCUT2D eigenvalue weighted by atomic mass is 9.88. The molecule has 0 N–H and O–H groups in total. The van der Waals surface area contributed by atoms with Crippen molar-refractivity contribution >= 4 is 22.8 Å². The molecule has 32 heavy (non-hydrogen) atoms. The van der Waals surface area contributed by atoms with Gasteiger partial charge in [-0.2, -0.15) is 0 Å². The van der Waals surface area contributed by atoms with Gasteiger partial charge in [0, 0.05) is 24.9 Å². The van der Waals surface area contributed by atoms with Crippen molar-refractivity contribution in [1.82, 2.24) is 19.4 Å². The van der Waals surface area contributed by atoms with Gasteiger partial charge in [0.25, 0.3) is 0 Å². The number of halogens is 1. The molecular weight excluding hydrogens is 424 g/mol. The van der Waals surface area contributed by atoms with Crippen LogP contribution in [0, 0.1) is 0 Å². The summed E-state index contributed by atoms with van der Waals surface area (Å²) in [6, 6.07) is 10.1. The number of piperidine rings is 1. The maximum atomic E-state index is 6.37. The Kier molecular flexibility index (Phi) is 6.62. The number of aryl methyl sites for hydroxylation is 1. The van der Waals surface area contributed by atoms with E-state index in [1.807, 2.05) is 18.2 Å². The summed E-state index contributed by atoms with van der Waals surface area (Å²) in [4.78, 5) is 11.6. The number of imidazole rings is 1. The van der Waals surface area contributed by atoms with E-state index in [0.717, 1.165) is 79.7 Å². The second kappa shape index (κ2) is 9.77. The summed E-state index contributed by atoms with van der Waals surface area (Å²) < 4.78 is 14.2. The average Bonchev–Trinajstić information content (AvgIpc) is 3.15. The highest BCUT2D eigenvalue weighted by molar-refractivity contribution is 6.30. The molecule has 5 rings (SSSR count). The van der Waals surface area contributed by atoms with E-state index in [1.54, 1.807) is 6.20 Å². The van der Waals surface area contributed by atoms with Crippen LogP contribution in [0.1, 0.15) is 49.4 Å². The first-order valence-electron chi connectivity index (χ1n) is 11.7. The minimum absolute atomic E-state index is 0.205. The summed E-state index contributed by atoms with van der Waals surface area (Å²) in [6.45, 7) is 4.37. The number of rotatable bonds is 6. The van der Waals surface area contributed by atoms with E-state index in [4.69, 9.17) is 26.1 Å². The molecule has 0 bridgehead atoms. The van der Waals surface area contributed by atoms with Gasteiger partial charge in [-0.05, 0) is 87.0 Å². The number of fused-ring (bicyclic) bond motifs is 1. The molecule has 0 spiro atoms. The predicted octanol–water partition coefficient (Wildman–Crippen LogP) is 4.95. The molecule has 6 nitrogen and oxygen atoms in total. The van der Waals surface area contributed by atoms with E-state index in [-0.39, 0.29) is 6.10 Å². The molecule has 7 heteroatoms. The maximum absolute atomic E-state index is 6.37. The highest BCUT2D eigenvalue weighted by atomic mass is 35.5. The largest absolute Gasteiger partial charge is 0.491 e. The van der Waals surface area contributed by atoms with Gasteiger partial charge >= 0.3 is 0 Å². The van der Waals surface area contributed by atoms with Gasteiger partial charge in [-0.3, -0.25) is 4.90 Å². The van der Waals surface area contributed by atoms with E-state index in [2.05, 4.69) is 33.6 Å². The molecule has 0 aliphatic carbocycles. The van der Waals surface area contributed by atoms with Crippen molar-refractivity contribution in [1.29, 1.82) is 0 Å². The number of hydrogen-bond donors (Lipinski definition) is 0. The fourth-order valence-corrected chi connectivity index (χ4v) is 5.09. The van der Waals surface area contributed by atoms with Gasteiger partial charge in [0.1, 0.15) is 18.2 Å². The Labute approximate surface area is 194 Å². The maximum Gasteiger partial charge on any atom is 0.177 e. The Morgan fingerprint density at radius 3 is 2.81 bits per heavy atom. The zero-order valence-electron chi connectivity index (χ0n) is 18.7. The zero-order chi connectivity index (χ0) is 21.9. The molecule has 0 radical (unpaired) electrons. The molecule has 2 fully saturated rings. The fourth-order valence-electron chi connectivity index (χ4n) is 4.91. The smallest absolute Gasteiger partial charge is 0.177 e. The molecule has 170 valence electrons. The van der Waals surface area contributed by atoms with Crippen LogP contribution in [0.15, 0.2) is 36.5 Å². The highest BCUT2D eigenvalue weighted by Gasteiger charge is 2.25. The van der Waals surface area contributed by atoms with Gasteiger partial charge < -0.3 is 14.0 Å². The molecule has 2 aliphatic heterocycles. The van der Waals surface area contributed by atoms with Crippen molar-refractivity contribution in [2.45, 2.75) is 50.7 Å². The Bertz CT molecular complexity index is 1060. The zero-order valence-corrected chi connectivity index (χ0v) is 19.4. The standard InChI is InChI=1S/C25H31ClN4O2/c1-29-22-6-4-11-27-25(22)28-24(29)16-30-12-9-18(10-13-30)21-15-19(26)7-8-23(21)32-17-20-5-2-3-14-31-20/h4,6-8,11,15,18,20H,2-3,5,9-10,12-14,16-17H2,1H3. The lowest BCUT2D eigenvalue weighted by Crippen LogP contribution is -2.33. The molecule has 2 aromatic heterocycles. The Hall–Kier alpha value is -2.15. The summed E-state index contributed by atoms with van der Waals surface area (Å²) in [7, 11) is 2.07. The fraction of sp³-hybridized carbons (Fsp3) is 0.520. The predicted molar refractivity (Wildman–Crippen MR) is 126 cm³/mol. The van der Waals surface area contributed by atoms with Gasteiger partial charge in [0.2, 0.25) is 0 Å². The second-order valence-corrected chi connectivity index (χ2v) is 9.40. The SMILES string of the molecule is Cn1c(CN2CCC(c3cc(Cl)ccc3OCC3CCCCO3)CC2)nc2ncccc21. The Morgan fingerprint density at radius 1 is 1.16 bits per heavy atom. The molecule has 1 atom stereocenters. The van der Waals surface area contributed by atoms with Gasteiger partial charge in [0.15, 0.2) is 5.65 Å². The number of hydrogen-bond acceptors (Lipinski definition) is 5. The van der Waals surface area contributed by atoms with Crippen molar-refractivity contribution in [2.24, 2.45) is 7.05 Å². The van der Waals surface area contributed by atoms with Crippen molar-refractivity contribution in [3.63, 3.8) is 0 Å². The van der Waals surface area contributed by atoms with Gasteiger partial charge in [-0.25, -0.2) is 9.97 Å². The van der Waals surface area contributed by atoms with Crippen molar-refractivity contribution < 1.29 is 9.47 Å². The third kappa shape index (κ3) is 4.77. The number of likely N-dealkylation sites (tertiary alicyclic amines) is 1. The highest BCUT2D eigenvalue weighted by Crippen LogP contribution is 2.36. The number of aromatic nitrogens is 3. The number of benzene rings is 1. The van der Waals surface area contributed by atoms with Gasteiger partial charge in [0.05, 0.1) is 18.2 Å². The second-order valence-electron chi connectivity index (χ2n) is 8.97. The monoisotopic (exact) mass is 454 g/mol. The van der Waals surface area contributed by atoms with Crippen LogP contribution in [0.25, 0.3) is 11.2 Å². The number of pyridine rings is 1. The van der Waals surface area contributed by atoms with Crippen LogP contribution in [0.3, 0.4) is 0 Å². The summed E-state index contributed by atoms with van der Waals surface area (Å²) in [5, 5.41) is 0.774. The first kappa shape index (κ1) is 21.7. The molecule has 3 aromatic rings. The minimum atomic E-state index is 0.205. The lowest BCUT2D eigenvalue weighted by Gasteiger charge is -2.33. The van der Waals surface area contributed by atoms with Gasteiger partial charge in [-0.1, -0.05) is 11.6 Å². The molecular formula is C25H31ClN4O2. The quantitative estimate of drug-likeness (QED) is 0.527. The van der Waals surface area contributed by atoms with Gasteiger partial charge in [-0.15, -0.1) is 0 Å². The number of nitrogens with zero attached hydrogens (tertiary/aromatic N) is 4. The van der Waals surface area contributed by atoms with Crippen molar-refractivity contribution in [2.75, 3.05) is 26.3 Å². The summed E-state index contributed by atoms with van der Waals surface area (Å²) >= 11 is 6.37. The third-order valence-electron chi connectivity index (χ3n) is 6.81. The molecule has 1 unspecified atom stereocenters. The number of ether oxygens (including phenoxy) is 2. The summed E-state index contributed by atoms with van der Waals surface area (Å²) in [5.41, 5.74) is 3.14. The molecule has 2 aliphatic rings. The Balaban J connectivity index is 1.22. The molecule has 2 saturated heterocycles. The Morgan fingerprint density at radius 2 is 2.03 bits per heavy atom. The van der Waals surface area contributed by atoms with E-state index < -0.39 is 0 Å². The van der Waals surface area contributed by atoms with E-state index >= 15 is 0 Å². The van der Waals surface area contributed by atoms with E-state index in [0.29, 0.717) is 12.5 Å². The molecule has 0 saturated carbocycles. The molecule has 0 amide bonds.